The molecule has 1 aromatic rings. The van der Waals surface area contributed by atoms with Gasteiger partial charge in [0.15, 0.2) is 0 Å². The number of carboxylic acid groups (broad SMARTS) is 1. The van der Waals surface area contributed by atoms with Crippen molar-refractivity contribution in [1.82, 2.24) is 0 Å². The highest BCUT2D eigenvalue weighted by Crippen LogP contribution is 2.19. The minimum Gasteiger partial charge on any atom is -0.478 e. The second-order valence-electron chi connectivity index (χ2n) is 3.47. The number of nitrogens with one attached hydrogen (secondary N) is 1. The van der Waals surface area contributed by atoms with Crippen LogP contribution in [0.25, 0.3) is 0 Å². The van der Waals surface area contributed by atoms with E-state index in [2.05, 4.69) is 11.2 Å². The van der Waals surface area contributed by atoms with Crippen molar-refractivity contribution >= 4 is 17.6 Å². The van der Waals surface area contributed by atoms with Crippen molar-refractivity contribution in [2.24, 2.45) is 5.73 Å². The molecule has 0 fully saturated rings. The topological polar surface area (TPSA) is 92.4 Å². The third-order valence-electron chi connectivity index (χ3n) is 2.16. The van der Waals surface area contributed by atoms with Crippen LogP contribution in [0.5, 0.6) is 0 Å². The molecule has 0 radical (unpaired) electrons. The number of hydrogen-bond donors (Lipinski definition) is 3. The predicted molar refractivity (Wildman–Crippen MR) is 63.4 cm³/mol. The summed E-state index contributed by atoms with van der Waals surface area (Å²) < 4.78 is 13.3. The minimum atomic E-state index is -1.48. The fourth-order valence-electron chi connectivity index (χ4n) is 1.29. The van der Waals surface area contributed by atoms with Crippen molar-refractivity contribution in [2.45, 2.75) is 12.5 Å². The normalized spacial score (nSPS) is 11.4. The standard InChI is InChI=1S/C12H11FN2O3/c1-2-4-8(14)11(16)15-9-6-3-5-7(13)10(9)12(17)18/h1,3,5-6,8H,4,14H2,(H,15,16)(H,17,18). The molecule has 0 saturated heterocycles. The Bertz CT molecular complexity index is 523. The predicted octanol–water partition coefficient (Wildman–Crippen LogP) is 0.813. The van der Waals surface area contributed by atoms with E-state index in [1.165, 1.54) is 12.1 Å². The molecule has 0 bridgehead atoms. The van der Waals surface area contributed by atoms with Crippen LogP contribution in [0.3, 0.4) is 0 Å². The molecule has 4 N–H and O–H groups in total. The highest BCUT2D eigenvalue weighted by molar-refractivity contribution is 6.02. The lowest BCUT2D eigenvalue weighted by Crippen LogP contribution is -2.35. The summed E-state index contributed by atoms with van der Waals surface area (Å²) >= 11 is 0. The molecule has 1 aromatic carbocycles. The Morgan fingerprint density at radius 2 is 2.22 bits per heavy atom. The number of halogens is 1. The van der Waals surface area contributed by atoms with Crippen LogP contribution in [0, 0.1) is 18.2 Å². The molecule has 18 heavy (non-hydrogen) atoms. The molecule has 1 rings (SSSR count). The van der Waals surface area contributed by atoms with E-state index in [0.29, 0.717) is 0 Å². The van der Waals surface area contributed by atoms with E-state index in [9.17, 15) is 14.0 Å². The van der Waals surface area contributed by atoms with Crippen LogP contribution in [0.4, 0.5) is 10.1 Å². The number of anilines is 1. The Balaban J connectivity index is 2.99. The van der Waals surface area contributed by atoms with Gasteiger partial charge in [-0.1, -0.05) is 6.07 Å². The van der Waals surface area contributed by atoms with Crippen molar-refractivity contribution in [3.63, 3.8) is 0 Å². The number of aromatic carboxylic acids is 1. The molecular formula is C12H11FN2O3. The van der Waals surface area contributed by atoms with Crippen molar-refractivity contribution in [3.05, 3.63) is 29.6 Å². The maximum atomic E-state index is 13.3. The van der Waals surface area contributed by atoms with Gasteiger partial charge in [0, 0.05) is 6.42 Å². The lowest BCUT2D eigenvalue weighted by atomic mass is 10.1. The summed E-state index contributed by atoms with van der Waals surface area (Å²) in [6, 6.07) is 2.57. The number of rotatable bonds is 4. The number of benzene rings is 1. The van der Waals surface area contributed by atoms with Gasteiger partial charge in [-0.3, -0.25) is 4.79 Å². The first kappa shape index (κ1) is 13.7. The molecule has 0 saturated carbocycles. The second-order valence-corrected chi connectivity index (χ2v) is 3.47. The van der Waals surface area contributed by atoms with E-state index in [1.807, 2.05) is 0 Å². The Morgan fingerprint density at radius 1 is 1.56 bits per heavy atom. The molecule has 1 amide bonds. The van der Waals surface area contributed by atoms with Gasteiger partial charge in [-0.15, -0.1) is 12.3 Å². The Labute approximate surface area is 103 Å². The van der Waals surface area contributed by atoms with E-state index < -0.39 is 29.3 Å². The molecule has 5 nitrogen and oxygen atoms in total. The van der Waals surface area contributed by atoms with Crippen LogP contribution < -0.4 is 11.1 Å². The number of carboxylic acids is 1. The molecule has 0 heterocycles. The number of amides is 1. The summed E-state index contributed by atoms with van der Waals surface area (Å²) in [5.74, 6) is -0.876. The average molecular weight is 250 g/mol. The largest absolute Gasteiger partial charge is 0.478 e. The monoisotopic (exact) mass is 250 g/mol. The van der Waals surface area contributed by atoms with Gasteiger partial charge in [0.2, 0.25) is 5.91 Å². The van der Waals surface area contributed by atoms with Crippen LogP contribution in [0.2, 0.25) is 0 Å². The average Bonchev–Trinajstić information content (AvgIpc) is 2.28. The van der Waals surface area contributed by atoms with Gasteiger partial charge in [0.1, 0.15) is 11.4 Å². The van der Waals surface area contributed by atoms with Gasteiger partial charge in [0.05, 0.1) is 11.7 Å². The molecule has 0 aromatic heterocycles. The van der Waals surface area contributed by atoms with E-state index in [0.717, 1.165) is 6.07 Å². The molecular weight excluding hydrogens is 239 g/mol. The smallest absolute Gasteiger partial charge is 0.340 e. The summed E-state index contributed by atoms with van der Waals surface area (Å²) in [5.41, 5.74) is 4.68. The summed E-state index contributed by atoms with van der Waals surface area (Å²) in [6.07, 6.45) is 5.00. The van der Waals surface area contributed by atoms with Crippen LogP contribution >= 0.6 is 0 Å². The Kier molecular flexibility index (Phi) is 4.40. The van der Waals surface area contributed by atoms with Gasteiger partial charge in [0.25, 0.3) is 0 Å². The fraction of sp³-hybridized carbons (Fsp3) is 0.167. The van der Waals surface area contributed by atoms with Crippen LogP contribution in [-0.4, -0.2) is 23.0 Å². The third kappa shape index (κ3) is 3.06. The van der Waals surface area contributed by atoms with Gasteiger partial charge in [-0.25, -0.2) is 9.18 Å². The van der Waals surface area contributed by atoms with E-state index in [-0.39, 0.29) is 12.1 Å². The first-order valence-electron chi connectivity index (χ1n) is 4.99. The number of nitrogens with two attached hydrogens (primary N) is 1. The summed E-state index contributed by atoms with van der Waals surface area (Å²) in [6.45, 7) is 0. The van der Waals surface area contributed by atoms with Crippen LogP contribution in [0.15, 0.2) is 18.2 Å². The van der Waals surface area contributed by atoms with Gasteiger partial charge in [-0.05, 0) is 12.1 Å². The first-order chi connectivity index (χ1) is 8.47. The lowest BCUT2D eigenvalue weighted by Gasteiger charge is -2.12. The van der Waals surface area contributed by atoms with Gasteiger partial charge < -0.3 is 16.2 Å². The molecule has 6 heteroatoms. The quantitative estimate of drug-likeness (QED) is 0.689. The molecule has 0 aliphatic rings. The fourth-order valence-corrected chi connectivity index (χ4v) is 1.29. The summed E-state index contributed by atoms with van der Waals surface area (Å²) in [7, 11) is 0. The third-order valence-corrected chi connectivity index (χ3v) is 2.16. The van der Waals surface area contributed by atoms with Crippen LogP contribution in [0.1, 0.15) is 16.8 Å². The summed E-state index contributed by atoms with van der Waals surface area (Å²) in [5, 5.41) is 11.1. The zero-order valence-corrected chi connectivity index (χ0v) is 9.31. The second kappa shape index (κ2) is 5.80. The Hall–Kier alpha value is -2.39. The first-order valence-corrected chi connectivity index (χ1v) is 4.99. The SMILES string of the molecule is C#CCC(N)C(=O)Nc1cccc(F)c1C(=O)O. The Morgan fingerprint density at radius 3 is 2.78 bits per heavy atom. The van der Waals surface area contributed by atoms with Crippen molar-refractivity contribution < 1.29 is 19.1 Å². The number of hydrogen-bond acceptors (Lipinski definition) is 3. The lowest BCUT2D eigenvalue weighted by molar-refractivity contribution is -0.117. The maximum absolute atomic E-state index is 13.3. The van der Waals surface area contributed by atoms with Gasteiger partial charge >= 0.3 is 5.97 Å². The summed E-state index contributed by atoms with van der Waals surface area (Å²) in [4.78, 5) is 22.4. The van der Waals surface area contributed by atoms with E-state index in [4.69, 9.17) is 17.3 Å². The minimum absolute atomic E-state index is 0.00353. The molecule has 0 spiro atoms. The van der Waals surface area contributed by atoms with Gasteiger partial charge in [-0.2, -0.15) is 0 Å². The molecule has 1 atom stereocenters. The van der Waals surface area contributed by atoms with Crippen molar-refractivity contribution in [2.75, 3.05) is 5.32 Å². The number of carbonyl (C=O) groups is 2. The van der Waals surface area contributed by atoms with Crippen molar-refractivity contribution in [3.8, 4) is 12.3 Å². The van der Waals surface area contributed by atoms with Crippen LogP contribution in [-0.2, 0) is 4.79 Å². The highest BCUT2D eigenvalue weighted by Gasteiger charge is 2.19. The maximum Gasteiger partial charge on any atom is 0.340 e. The molecule has 0 aliphatic heterocycles. The molecule has 0 aliphatic carbocycles. The molecule has 1 unspecified atom stereocenters. The zero-order valence-electron chi connectivity index (χ0n) is 9.31. The van der Waals surface area contributed by atoms with E-state index in [1.54, 1.807) is 0 Å². The highest BCUT2D eigenvalue weighted by atomic mass is 19.1. The number of terminal acetylenes is 1. The number of carbonyl (C=O) groups excluding carboxylic acids is 1. The van der Waals surface area contributed by atoms with Crippen molar-refractivity contribution in [1.29, 1.82) is 0 Å². The molecule has 94 valence electrons. The van der Waals surface area contributed by atoms with E-state index >= 15 is 0 Å². The zero-order chi connectivity index (χ0) is 13.7.